The molecule has 2 fully saturated rings. The summed E-state index contributed by atoms with van der Waals surface area (Å²) in [6.45, 7) is 10.6. The van der Waals surface area contributed by atoms with Gasteiger partial charge in [0.2, 0.25) is 0 Å². The first-order valence-corrected chi connectivity index (χ1v) is 13.2. The zero-order valence-electron chi connectivity index (χ0n) is 20.6. The number of thioether (sulfide) groups is 1. The lowest BCUT2D eigenvalue weighted by molar-refractivity contribution is -0.122. The third kappa shape index (κ3) is 4.96. The second-order valence-electron chi connectivity index (χ2n) is 8.71. The van der Waals surface area contributed by atoms with Gasteiger partial charge in [-0.1, -0.05) is 43.0 Å². The summed E-state index contributed by atoms with van der Waals surface area (Å²) in [6, 6.07) is 8.04. The van der Waals surface area contributed by atoms with Crippen LogP contribution in [-0.2, 0) is 17.9 Å². The Balaban J connectivity index is 1.77. The third-order valence-electron chi connectivity index (χ3n) is 6.68. The quantitative estimate of drug-likeness (QED) is 0.420. The van der Waals surface area contributed by atoms with E-state index in [0.717, 1.165) is 44.1 Å². The van der Waals surface area contributed by atoms with Crippen LogP contribution in [0, 0.1) is 24.1 Å². The predicted molar refractivity (Wildman–Crippen MR) is 145 cm³/mol. The van der Waals surface area contributed by atoms with E-state index in [4.69, 9.17) is 12.2 Å². The Morgan fingerprint density at radius 2 is 1.78 bits per heavy atom. The van der Waals surface area contributed by atoms with Crippen molar-refractivity contribution in [1.82, 2.24) is 14.4 Å². The van der Waals surface area contributed by atoms with Crippen LogP contribution in [0.3, 0.4) is 0 Å². The van der Waals surface area contributed by atoms with E-state index >= 15 is 0 Å². The lowest BCUT2D eigenvalue weighted by Gasteiger charge is -2.37. The summed E-state index contributed by atoms with van der Waals surface area (Å²) in [5.74, 6) is 0.146. The maximum Gasteiger partial charge on any atom is 0.270 e. The maximum absolute atomic E-state index is 13.4. The highest BCUT2D eigenvalue weighted by molar-refractivity contribution is 8.26. The Kier molecular flexibility index (Phi) is 7.93. The number of anilines is 1. The number of benzene rings is 1. The van der Waals surface area contributed by atoms with Gasteiger partial charge in [0.05, 0.1) is 11.4 Å². The minimum Gasteiger partial charge on any atom is -0.355 e. The molecule has 7 nitrogen and oxygen atoms in total. The number of carbonyl (C=O) groups excluding carboxylic acids is 1. The van der Waals surface area contributed by atoms with Crippen molar-refractivity contribution in [2.75, 3.05) is 37.6 Å². The molecule has 0 aliphatic carbocycles. The molecule has 2 aliphatic rings. The van der Waals surface area contributed by atoms with Gasteiger partial charge in [-0.25, -0.2) is 4.39 Å². The number of thiocarbonyl (C=S) groups is 1. The second kappa shape index (κ2) is 10.9. The van der Waals surface area contributed by atoms with Gasteiger partial charge in [-0.15, -0.1) is 0 Å². The molecule has 188 valence electrons. The van der Waals surface area contributed by atoms with Crippen molar-refractivity contribution in [2.24, 2.45) is 0 Å². The van der Waals surface area contributed by atoms with Crippen molar-refractivity contribution in [3.8, 4) is 6.07 Å². The van der Waals surface area contributed by atoms with E-state index in [1.54, 1.807) is 29.7 Å². The molecule has 2 aromatic rings. The van der Waals surface area contributed by atoms with Gasteiger partial charge in [-0.2, -0.15) is 5.26 Å². The van der Waals surface area contributed by atoms with Crippen molar-refractivity contribution >= 4 is 46.1 Å². The van der Waals surface area contributed by atoms with Crippen LogP contribution in [0.15, 0.2) is 34.0 Å². The molecule has 0 N–H and O–H groups in total. The number of amides is 1. The fraction of sp³-hybridized carbons (Fsp3) is 0.385. The summed E-state index contributed by atoms with van der Waals surface area (Å²) in [5, 5.41) is 9.76. The van der Waals surface area contributed by atoms with Crippen LogP contribution < -0.4 is 10.5 Å². The highest BCUT2D eigenvalue weighted by Gasteiger charge is 2.33. The number of hydrogen-bond acceptors (Lipinski definition) is 7. The van der Waals surface area contributed by atoms with Gasteiger partial charge in [0.15, 0.2) is 0 Å². The van der Waals surface area contributed by atoms with Gasteiger partial charge in [0.25, 0.3) is 11.5 Å². The van der Waals surface area contributed by atoms with Crippen molar-refractivity contribution in [3.63, 3.8) is 0 Å². The van der Waals surface area contributed by atoms with E-state index < -0.39 is 0 Å². The first-order chi connectivity index (χ1) is 17.3. The lowest BCUT2D eigenvalue weighted by Crippen LogP contribution is -2.48. The van der Waals surface area contributed by atoms with Gasteiger partial charge in [-0.3, -0.25) is 19.1 Å². The number of likely N-dealkylation sites (N-methyl/N-ethyl adjacent to an activating group) is 1. The van der Waals surface area contributed by atoms with E-state index in [1.165, 1.54) is 28.8 Å². The minimum absolute atomic E-state index is 0.0841. The predicted octanol–water partition coefficient (Wildman–Crippen LogP) is 3.73. The van der Waals surface area contributed by atoms with Crippen LogP contribution in [-0.4, -0.2) is 57.3 Å². The van der Waals surface area contributed by atoms with Gasteiger partial charge in [0.1, 0.15) is 27.6 Å². The smallest absolute Gasteiger partial charge is 0.270 e. The van der Waals surface area contributed by atoms with Gasteiger partial charge in [-0.05, 0) is 49.7 Å². The molecule has 36 heavy (non-hydrogen) atoms. The van der Waals surface area contributed by atoms with Crippen molar-refractivity contribution in [3.05, 3.63) is 67.6 Å². The standard InChI is InChI=1S/C26H28FN5O2S2/c1-4-29-10-12-30(13-11-29)23-20(17(3)21(15-28)24(33)31(23)5-2)14-22-25(34)32(26(35)36-22)16-18-6-8-19(27)9-7-18/h6-9,14H,4-5,10-13,16H2,1-3H3. The number of pyridine rings is 1. The molecule has 0 spiro atoms. The average molecular weight is 526 g/mol. The van der Waals surface area contributed by atoms with Crippen LogP contribution in [0.1, 0.15) is 36.1 Å². The molecule has 3 heterocycles. The zero-order valence-corrected chi connectivity index (χ0v) is 22.2. The first kappa shape index (κ1) is 26.1. The summed E-state index contributed by atoms with van der Waals surface area (Å²) in [7, 11) is 0. The molecule has 10 heteroatoms. The van der Waals surface area contributed by atoms with Crippen molar-refractivity contribution in [1.29, 1.82) is 5.26 Å². The van der Waals surface area contributed by atoms with E-state index in [2.05, 4.69) is 22.8 Å². The molecular weight excluding hydrogens is 497 g/mol. The summed E-state index contributed by atoms with van der Waals surface area (Å²) in [4.78, 5) is 33.0. The maximum atomic E-state index is 13.4. The number of piperazine rings is 1. The molecule has 0 bridgehead atoms. The number of halogens is 1. The van der Waals surface area contributed by atoms with Crippen LogP contribution in [0.4, 0.5) is 10.2 Å². The summed E-state index contributed by atoms with van der Waals surface area (Å²) in [6.07, 6.45) is 1.77. The molecule has 1 amide bonds. The summed E-state index contributed by atoms with van der Waals surface area (Å²) < 4.78 is 15.4. The Labute approximate surface area is 219 Å². The molecule has 1 aromatic heterocycles. The first-order valence-electron chi connectivity index (χ1n) is 11.9. The third-order valence-corrected chi connectivity index (χ3v) is 8.06. The van der Waals surface area contributed by atoms with Gasteiger partial charge in [0, 0.05) is 38.3 Å². The average Bonchev–Trinajstić information content (AvgIpc) is 3.14. The molecule has 4 rings (SSSR count). The SMILES string of the molecule is CCN1CCN(c2c(C=C3SC(=S)N(Cc4ccc(F)cc4)C3=O)c(C)c(C#N)c(=O)n2CC)CC1. The summed E-state index contributed by atoms with van der Waals surface area (Å²) in [5.41, 5.74) is 1.79. The number of rotatable bonds is 6. The molecule has 0 saturated carbocycles. The fourth-order valence-electron chi connectivity index (χ4n) is 4.59. The Hall–Kier alpha value is -3.00. The number of hydrogen-bond donors (Lipinski definition) is 0. The minimum atomic E-state index is -0.342. The largest absolute Gasteiger partial charge is 0.355 e. The number of nitriles is 1. The fourth-order valence-corrected chi connectivity index (χ4v) is 5.83. The molecule has 2 saturated heterocycles. The number of aromatic nitrogens is 1. The zero-order chi connectivity index (χ0) is 26.0. The number of nitrogens with zero attached hydrogens (tertiary/aromatic N) is 5. The second-order valence-corrected chi connectivity index (χ2v) is 10.4. The van der Waals surface area contributed by atoms with Gasteiger partial charge >= 0.3 is 0 Å². The molecule has 1 aromatic carbocycles. The van der Waals surface area contributed by atoms with E-state index in [0.29, 0.717) is 26.9 Å². The van der Waals surface area contributed by atoms with Gasteiger partial charge < -0.3 is 9.80 Å². The Morgan fingerprint density at radius 3 is 2.36 bits per heavy atom. The van der Waals surface area contributed by atoms with Crippen molar-refractivity contribution in [2.45, 2.75) is 33.9 Å². The van der Waals surface area contributed by atoms with Crippen LogP contribution in [0.25, 0.3) is 6.08 Å². The Bertz CT molecular complexity index is 1320. The highest BCUT2D eigenvalue weighted by Crippen LogP contribution is 2.36. The highest BCUT2D eigenvalue weighted by atomic mass is 32.2. The van der Waals surface area contributed by atoms with Crippen LogP contribution >= 0.6 is 24.0 Å². The molecular formula is C26H28FN5O2S2. The normalized spacial score (nSPS) is 17.8. The van der Waals surface area contributed by atoms with E-state index in [1.807, 2.05) is 6.92 Å². The van der Waals surface area contributed by atoms with Crippen molar-refractivity contribution < 1.29 is 9.18 Å². The van der Waals surface area contributed by atoms with Crippen LogP contribution in [0.2, 0.25) is 0 Å². The lowest BCUT2D eigenvalue weighted by atomic mass is 10.0. The molecule has 2 aliphatic heterocycles. The molecule has 0 radical (unpaired) electrons. The summed E-state index contributed by atoms with van der Waals surface area (Å²) >= 11 is 6.70. The number of carbonyl (C=O) groups is 1. The monoisotopic (exact) mass is 525 g/mol. The van der Waals surface area contributed by atoms with Crippen LogP contribution in [0.5, 0.6) is 0 Å². The van der Waals surface area contributed by atoms with E-state index in [-0.39, 0.29) is 29.4 Å². The Morgan fingerprint density at radius 1 is 1.11 bits per heavy atom. The van der Waals surface area contributed by atoms with E-state index in [9.17, 15) is 19.2 Å². The molecule has 0 atom stereocenters. The molecule has 0 unspecified atom stereocenters. The topological polar surface area (TPSA) is 72.6 Å².